The summed E-state index contributed by atoms with van der Waals surface area (Å²) in [5, 5.41) is 0. The summed E-state index contributed by atoms with van der Waals surface area (Å²) in [6.45, 7) is 0.641. The second kappa shape index (κ2) is 9.79. The van der Waals surface area contributed by atoms with Gasteiger partial charge in [-0.05, 0) is 0 Å². The number of hydrogen-bond acceptors (Lipinski definition) is 6. The van der Waals surface area contributed by atoms with Gasteiger partial charge in [0.25, 0.3) is 0 Å². The average molecular weight is 252 g/mol. The van der Waals surface area contributed by atoms with E-state index in [0.29, 0.717) is 0 Å². The Morgan fingerprint density at radius 3 is 1.88 bits per heavy atom. The minimum Gasteiger partial charge on any atom is -0.382 e. The van der Waals surface area contributed by atoms with Crippen molar-refractivity contribution in [1.29, 1.82) is 0 Å². The van der Waals surface area contributed by atoms with E-state index in [0.717, 1.165) is 0 Å². The molecular formula is C9H17O6P. The monoisotopic (exact) mass is 252 g/mol. The molecule has 0 atom stereocenters. The van der Waals surface area contributed by atoms with E-state index in [4.69, 9.17) is 29.5 Å². The van der Waals surface area contributed by atoms with E-state index >= 15 is 0 Å². The molecule has 16 heavy (non-hydrogen) atoms. The summed E-state index contributed by atoms with van der Waals surface area (Å²) in [6.07, 6.45) is 4.99. The number of hydrogen-bond donors (Lipinski definition) is 0. The van der Waals surface area contributed by atoms with E-state index in [1.54, 1.807) is 0 Å². The summed E-state index contributed by atoms with van der Waals surface area (Å²) in [5.74, 6) is 2.19. The summed E-state index contributed by atoms with van der Waals surface area (Å²) in [5.41, 5.74) is 0. The van der Waals surface area contributed by atoms with E-state index in [-0.39, 0.29) is 33.0 Å². The molecule has 0 unspecified atom stereocenters. The van der Waals surface area contributed by atoms with Crippen molar-refractivity contribution < 1.29 is 27.6 Å². The maximum absolute atomic E-state index is 11.8. The van der Waals surface area contributed by atoms with Crippen LogP contribution in [-0.2, 0) is 27.6 Å². The van der Waals surface area contributed by atoms with Crippen LogP contribution in [0.4, 0.5) is 0 Å². The van der Waals surface area contributed by atoms with E-state index in [9.17, 15) is 4.57 Å². The highest BCUT2D eigenvalue weighted by Gasteiger charge is 2.25. The van der Waals surface area contributed by atoms with Gasteiger partial charge in [0.1, 0.15) is 6.61 Å². The molecule has 6 nitrogen and oxygen atoms in total. The van der Waals surface area contributed by atoms with Crippen LogP contribution in [0.25, 0.3) is 0 Å². The molecule has 0 spiro atoms. The van der Waals surface area contributed by atoms with Gasteiger partial charge in [-0.15, -0.1) is 6.42 Å². The minimum atomic E-state index is -3.60. The van der Waals surface area contributed by atoms with Gasteiger partial charge in [0.05, 0.1) is 26.4 Å². The molecule has 0 fully saturated rings. The molecule has 0 aromatic carbocycles. The Hall–Kier alpha value is -0.410. The van der Waals surface area contributed by atoms with Gasteiger partial charge in [-0.1, -0.05) is 5.92 Å². The molecule has 0 heterocycles. The van der Waals surface area contributed by atoms with Crippen molar-refractivity contribution in [2.24, 2.45) is 0 Å². The first kappa shape index (κ1) is 15.6. The Morgan fingerprint density at radius 1 is 1.00 bits per heavy atom. The second-order valence-electron chi connectivity index (χ2n) is 2.58. The first-order valence-corrected chi connectivity index (χ1v) is 6.09. The first-order valence-electron chi connectivity index (χ1n) is 4.63. The van der Waals surface area contributed by atoms with Crippen LogP contribution in [0.15, 0.2) is 0 Å². The molecule has 0 aromatic rings. The van der Waals surface area contributed by atoms with Crippen molar-refractivity contribution in [2.75, 3.05) is 47.3 Å². The smallest absolute Gasteiger partial charge is 0.382 e. The average Bonchev–Trinajstić information content (AvgIpc) is 2.27. The van der Waals surface area contributed by atoms with Gasteiger partial charge in [-0.25, -0.2) is 4.57 Å². The van der Waals surface area contributed by atoms with E-state index < -0.39 is 7.82 Å². The van der Waals surface area contributed by atoms with Crippen molar-refractivity contribution in [1.82, 2.24) is 0 Å². The Labute approximate surface area is 95.8 Å². The molecule has 0 aliphatic rings. The number of phosphoric ester groups is 1. The van der Waals surface area contributed by atoms with Crippen molar-refractivity contribution in [3.8, 4) is 12.3 Å². The fraction of sp³-hybridized carbons (Fsp3) is 0.778. The van der Waals surface area contributed by atoms with Crippen LogP contribution in [0.2, 0.25) is 0 Å². The van der Waals surface area contributed by atoms with Gasteiger partial charge in [0.2, 0.25) is 0 Å². The highest BCUT2D eigenvalue weighted by atomic mass is 31.2. The summed E-state index contributed by atoms with van der Waals surface area (Å²) in [6, 6.07) is 0. The molecule has 0 amide bonds. The topological polar surface area (TPSA) is 63.2 Å². The molecular weight excluding hydrogens is 235 g/mol. The summed E-state index contributed by atoms with van der Waals surface area (Å²) < 4.78 is 36.1. The lowest BCUT2D eigenvalue weighted by molar-refractivity contribution is 0.0713. The zero-order valence-electron chi connectivity index (χ0n) is 9.51. The van der Waals surface area contributed by atoms with Crippen LogP contribution in [-0.4, -0.2) is 47.3 Å². The van der Waals surface area contributed by atoms with E-state index in [1.165, 1.54) is 14.2 Å². The molecule has 0 bridgehead atoms. The van der Waals surface area contributed by atoms with Crippen LogP contribution < -0.4 is 0 Å². The quantitative estimate of drug-likeness (QED) is 0.329. The van der Waals surface area contributed by atoms with Crippen molar-refractivity contribution in [3.05, 3.63) is 0 Å². The molecule has 0 saturated heterocycles. The predicted octanol–water partition coefficient (Wildman–Crippen LogP) is 1.07. The van der Waals surface area contributed by atoms with Crippen molar-refractivity contribution in [2.45, 2.75) is 0 Å². The van der Waals surface area contributed by atoms with Gasteiger partial charge in [0, 0.05) is 14.2 Å². The lowest BCUT2D eigenvalue weighted by atomic mass is 10.8. The van der Waals surface area contributed by atoms with Crippen LogP contribution >= 0.6 is 7.82 Å². The van der Waals surface area contributed by atoms with Gasteiger partial charge in [-0.3, -0.25) is 13.6 Å². The number of methoxy groups -OCH3 is 2. The highest BCUT2D eigenvalue weighted by molar-refractivity contribution is 7.48. The molecule has 0 aliphatic carbocycles. The third kappa shape index (κ3) is 7.83. The summed E-state index contributed by atoms with van der Waals surface area (Å²) in [7, 11) is -0.593. The summed E-state index contributed by atoms with van der Waals surface area (Å²) >= 11 is 0. The molecule has 0 aliphatic heterocycles. The number of ether oxygens (including phenoxy) is 2. The van der Waals surface area contributed by atoms with Crippen LogP contribution in [0.1, 0.15) is 0 Å². The first-order chi connectivity index (χ1) is 7.68. The molecule has 7 heteroatoms. The maximum atomic E-state index is 11.8. The second-order valence-corrected chi connectivity index (χ2v) is 4.25. The number of terminal acetylenes is 1. The van der Waals surface area contributed by atoms with E-state index in [1.807, 2.05) is 0 Å². The van der Waals surface area contributed by atoms with Crippen LogP contribution in [0.5, 0.6) is 0 Å². The standard InChI is InChI=1S/C9H17O6P/c1-4-5-13-16(10,14-8-6-11-2)15-9-7-12-3/h1H,5-9H2,2-3H3. The Kier molecular flexibility index (Phi) is 9.54. The zero-order valence-corrected chi connectivity index (χ0v) is 10.4. The third-order valence-corrected chi connectivity index (χ3v) is 2.82. The minimum absolute atomic E-state index is 0.103. The SMILES string of the molecule is C#CCOP(=O)(OCCOC)OCCOC. The lowest BCUT2D eigenvalue weighted by Gasteiger charge is -2.16. The molecule has 0 saturated carbocycles. The predicted molar refractivity (Wildman–Crippen MR) is 58.0 cm³/mol. The largest absolute Gasteiger partial charge is 0.475 e. The van der Waals surface area contributed by atoms with Gasteiger partial charge in [-0.2, -0.15) is 0 Å². The molecule has 0 N–H and O–H groups in total. The van der Waals surface area contributed by atoms with Crippen molar-refractivity contribution >= 4 is 7.82 Å². The normalized spacial score (nSPS) is 11.3. The fourth-order valence-electron chi connectivity index (χ4n) is 0.693. The van der Waals surface area contributed by atoms with Crippen molar-refractivity contribution in [3.63, 3.8) is 0 Å². The molecule has 0 rings (SSSR count). The Balaban J connectivity index is 4.03. The highest BCUT2D eigenvalue weighted by Crippen LogP contribution is 2.48. The van der Waals surface area contributed by atoms with Gasteiger partial charge >= 0.3 is 7.82 Å². The van der Waals surface area contributed by atoms with Gasteiger partial charge in [0.15, 0.2) is 0 Å². The summed E-state index contributed by atoms with van der Waals surface area (Å²) in [4.78, 5) is 0. The number of rotatable bonds is 10. The van der Waals surface area contributed by atoms with Crippen LogP contribution in [0, 0.1) is 12.3 Å². The Bertz CT molecular complexity index is 235. The zero-order chi connectivity index (χ0) is 12.3. The van der Waals surface area contributed by atoms with E-state index in [2.05, 4.69) is 5.92 Å². The maximum Gasteiger partial charge on any atom is 0.475 e. The third-order valence-electron chi connectivity index (χ3n) is 1.38. The molecule has 0 aromatic heterocycles. The lowest BCUT2D eigenvalue weighted by Crippen LogP contribution is -2.08. The Morgan fingerprint density at radius 2 is 1.50 bits per heavy atom. The van der Waals surface area contributed by atoms with Crippen LogP contribution in [0.3, 0.4) is 0 Å². The molecule has 0 radical (unpaired) electrons. The fourth-order valence-corrected chi connectivity index (χ4v) is 1.75. The molecule has 94 valence electrons. The van der Waals surface area contributed by atoms with Gasteiger partial charge < -0.3 is 9.47 Å². The number of phosphoric acid groups is 1.